The zero-order valence-electron chi connectivity index (χ0n) is 10.5. The van der Waals surface area contributed by atoms with Gasteiger partial charge in [-0.05, 0) is 44.1 Å². The summed E-state index contributed by atoms with van der Waals surface area (Å²) in [5.74, 6) is 1.03. The van der Waals surface area contributed by atoms with Crippen LogP contribution in [0.15, 0.2) is 28.7 Å². The minimum atomic E-state index is 0.776. The van der Waals surface area contributed by atoms with Crippen LogP contribution < -0.4 is 0 Å². The van der Waals surface area contributed by atoms with Gasteiger partial charge in [-0.1, -0.05) is 30.5 Å². The molecule has 0 bridgehead atoms. The average molecular weight is 264 g/mol. The molecule has 2 aromatic rings. The maximum absolute atomic E-state index is 6.17. The number of hydrogen-bond donors (Lipinski definition) is 0. The Kier molecular flexibility index (Phi) is 3.57. The first-order valence-corrected chi connectivity index (χ1v) is 7.10. The molecular formula is C15H18ClNO. The first-order chi connectivity index (χ1) is 8.83. The molecule has 0 spiro atoms. The molecule has 0 atom stereocenters. The van der Waals surface area contributed by atoms with E-state index < -0.39 is 0 Å². The normalized spacial score (nSPS) is 18.1. The standard InChI is InChI=1S/C15H18ClNO/c16-14-6-5-7-15-13(14)10-12(18-15)11-17-8-3-1-2-4-9-17/h5-7,10H,1-4,8-9,11H2. The topological polar surface area (TPSA) is 16.4 Å². The van der Waals surface area contributed by atoms with Crippen LogP contribution in [0.3, 0.4) is 0 Å². The SMILES string of the molecule is Clc1cccc2oc(CN3CCCCCC3)cc12. The van der Waals surface area contributed by atoms with E-state index in [1.54, 1.807) is 0 Å². The highest BCUT2D eigenvalue weighted by atomic mass is 35.5. The molecule has 96 valence electrons. The lowest BCUT2D eigenvalue weighted by molar-refractivity contribution is 0.256. The molecule has 0 amide bonds. The Bertz CT molecular complexity index is 526. The van der Waals surface area contributed by atoms with Crippen LogP contribution in [-0.2, 0) is 6.54 Å². The Morgan fingerprint density at radius 3 is 2.61 bits per heavy atom. The van der Waals surface area contributed by atoms with Crippen molar-refractivity contribution in [2.75, 3.05) is 13.1 Å². The molecule has 1 aromatic carbocycles. The Morgan fingerprint density at radius 1 is 1.11 bits per heavy atom. The third-order valence-corrected chi connectivity index (χ3v) is 3.97. The predicted molar refractivity (Wildman–Crippen MR) is 75.0 cm³/mol. The molecule has 3 rings (SSSR count). The molecule has 0 N–H and O–H groups in total. The summed E-state index contributed by atoms with van der Waals surface area (Å²) in [7, 11) is 0. The van der Waals surface area contributed by atoms with Crippen LogP contribution in [0.1, 0.15) is 31.4 Å². The Labute approximate surface area is 113 Å². The quantitative estimate of drug-likeness (QED) is 0.795. The molecule has 0 aliphatic carbocycles. The molecule has 0 radical (unpaired) electrons. The Morgan fingerprint density at radius 2 is 1.89 bits per heavy atom. The highest BCUT2D eigenvalue weighted by molar-refractivity contribution is 6.35. The summed E-state index contributed by atoms with van der Waals surface area (Å²) in [4.78, 5) is 2.48. The molecule has 1 aliphatic heterocycles. The third-order valence-electron chi connectivity index (χ3n) is 3.64. The summed E-state index contributed by atoms with van der Waals surface area (Å²) in [6.07, 6.45) is 5.34. The fraction of sp³-hybridized carbons (Fsp3) is 0.467. The monoisotopic (exact) mass is 263 g/mol. The molecule has 1 saturated heterocycles. The molecule has 2 heterocycles. The number of likely N-dealkylation sites (tertiary alicyclic amines) is 1. The summed E-state index contributed by atoms with van der Waals surface area (Å²) < 4.78 is 5.87. The molecule has 18 heavy (non-hydrogen) atoms. The molecule has 0 saturated carbocycles. The molecule has 1 aliphatic rings. The van der Waals surface area contributed by atoms with E-state index in [-0.39, 0.29) is 0 Å². The first kappa shape index (κ1) is 12.1. The van der Waals surface area contributed by atoms with E-state index in [0.29, 0.717) is 0 Å². The Balaban J connectivity index is 1.79. The van der Waals surface area contributed by atoms with Gasteiger partial charge in [-0.3, -0.25) is 4.90 Å². The second-order valence-electron chi connectivity index (χ2n) is 5.05. The molecular weight excluding hydrogens is 246 g/mol. The van der Waals surface area contributed by atoms with E-state index in [2.05, 4.69) is 11.0 Å². The van der Waals surface area contributed by atoms with Gasteiger partial charge in [0, 0.05) is 5.39 Å². The summed E-state index contributed by atoms with van der Waals surface area (Å²) in [5.41, 5.74) is 0.896. The fourth-order valence-corrected chi connectivity index (χ4v) is 2.89. The van der Waals surface area contributed by atoms with Crippen molar-refractivity contribution in [1.82, 2.24) is 4.90 Å². The minimum absolute atomic E-state index is 0.776. The smallest absolute Gasteiger partial charge is 0.135 e. The van der Waals surface area contributed by atoms with Gasteiger partial charge in [0.15, 0.2) is 0 Å². The number of fused-ring (bicyclic) bond motifs is 1. The van der Waals surface area contributed by atoms with Crippen LogP contribution >= 0.6 is 11.6 Å². The number of hydrogen-bond acceptors (Lipinski definition) is 2. The highest BCUT2D eigenvalue weighted by Gasteiger charge is 2.13. The minimum Gasteiger partial charge on any atom is -0.460 e. The fourth-order valence-electron chi connectivity index (χ4n) is 2.67. The van der Waals surface area contributed by atoms with Gasteiger partial charge >= 0.3 is 0 Å². The predicted octanol–water partition coefficient (Wildman–Crippen LogP) is 4.46. The second-order valence-corrected chi connectivity index (χ2v) is 5.46. The number of rotatable bonds is 2. The zero-order chi connectivity index (χ0) is 12.4. The van der Waals surface area contributed by atoms with Crippen molar-refractivity contribution in [2.45, 2.75) is 32.2 Å². The maximum Gasteiger partial charge on any atom is 0.135 e. The Hall–Kier alpha value is -0.990. The van der Waals surface area contributed by atoms with Crippen molar-refractivity contribution < 1.29 is 4.42 Å². The van der Waals surface area contributed by atoms with Crippen LogP contribution in [0.4, 0.5) is 0 Å². The summed E-state index contributed by atoms with van der Waals surface area (Å²) in [6, 6.07) is 7.91. The van der Waals surface area contributed by atoms with Gasteiger partial charge < -0.3 is 4.42 Å². The van der Waals surface area contributed by atoms with E-state index in [4.69, 9.17) is 16.0 Å². The molecule has 1 aromatic heterocycles. The van der Waals surface area contributed by atoms with Gasteiger partial charge in [0.2, 0.25) is 0 Å². The van der Waals surface area contributed by atoms with Gasteiger partial charge in [-0.2, -0.15) is 0 Å². The summed E-state index contributed by atoms with van der Waals surface area (Å²) in [6.45, 7) is 3.28. The van der Waals surface area contributed by atoms with Gasteiger partial charge in [0.25, 0.3) is 0 Å². The van der Waals surface area contributed by atoms with E-state index in [0.717, 1.165) is 28.3 Å². The number of furan rings is 1. The van der Waals surface area contributed by atoms with E-state index in [1.807, 2.05) is 18.2 Å². The van der Waals surface area contributed by atoms with E-state index >= 15 is 0 Å². The van der Waals surface area contributed by atoms with Gasteiger partial charge in [-0.25, -0.2) is 0 Å². The van der Waals surface area contributed by atoms with Crippen molar-refractivity contribution in [3.63, 3.8) is 0 Å². The van der Waals surface area contributed by atoms with E-state index in [9.17, 15) is 0 Å². The van der Waals surface area contributed by atoms with Crippen LogP contribution in [0.2, 0.25) is 5.02 Å². The van der Waals surface area contributed by atoms with Crippen molar-refractivity contribution in [3.8, 4) is 0 Å². The zero-order valence-corrected chi connectivity index (χ0v) is 11.2. The summed E-state index contributed by atoms with van der Waals surface area (Å²) >= 11 is 6.17. The maximum atomic E-state index is 6.17. The molecule has 0 unspecified atom stereocenters. The number of nitrogens with zero attached hydrogens (tertiary/aromatic N) is 1. The molecule has 1 fully saturated rings. The van der Waals surface area contributed by atoms with Gasteiger partial charge in [-0.15, -0.1) is 0 Å². The van der Waals surface area contributed by atoms with Crippen molar-refractivity contribution in [3.05, 3.63) is 35.0 Å². The van der Waals surface area contributed by atoms with E-state index in [1.165, 1.54) is 38.8 Å². The summed E-state index contributed by atoms with van der Waals surface area (Å²) in [5, 5.41) is 1.81. The van der Waals surface area contributed by atoms with Gasteiger partial charge in [0.05, 0.1) is 11.6 Å². The lowest BCUT2D eigenvalue weighted by Gasteiger charge is -2.17. The number of benzene rings is 1. The molecule has 3 heteroatoms. The lowest BCUT2D eigenvalue weighted by Crippen LogP contribution is -2.23. The van der Waals surface area contributed by atoms with Crippen LogP contribution in [0.5, 0.6) is 0 Å². The van der Waals surface area contributed by atoms with Crippen LogP contribution in [-0.4, -0.2) is 18.0 Å². The van der Waals surface area contributed by atoms with Crippen LogP contribution in [0.25, 0.3) is 11.0 Å². The molecule has 2 nitrogen and oxygen atoms in total. The van der Waals surface area contributed by atoms with Crippen molar-refractivity contribution in [2.24, 2.45) is 0 Å². The lowest BCUT2D eigenvalue weighted by atomic mass is 10.2. The largest absolute Gasteiger partial charge is 0.460 e. The number of halogens is 1. The first-order valence-electron chi connectivity index (χ1n) is 6.72. The third kappa shape index (κ3) is 2.55. The second kappa shape index (κ2) is 5.33. The van der Waals surface area contributed by atoms with Crippen LogP contribution in [0, 0.1) is 0 Å². The van der Waals surface area contributed by atoms with Crippen molar-refractivity contribution in [1.29, 1.82) is 0 Å². The highest BCUT2D eigenvalue weighted by Crippen LogP contribution is 2.27. The average Bonchev–Trinajstić information content (AvgIpc) is 2.60. The van der Waals surface area contributed by atoms with Crippen molar-refractivity contribution >= 4 is 22.6 Å². The van der Waals surface area contributed by atoms with Gasteiger partial charge in [0.1, 0.15) is 11.3 Å².